The Morgan fingerprint density at radius 3 is 2.21 bits per heavy atom. The van der Waals surface area contributed by atoms with Crippen LogP contribution in [-0.2, 0) is 7.05 Å². The highest BCUT2D eigenvalue weighted by Crippen LogP contribution is 2.30. The summed E-state index contributed by atoms with van der Waals surface area (Å²) >= 11 is 0. The van der Waals surface area contributed by atoms with E-state index >= 15 is 0 Å². The molecule has 1 aliphatic heterocycles. The summed E-state index contributed by atoms with van der Waals surface area (Å²) in [7, 11) is 1.93. The zero-order chi connectivity index (χ0) is 19.7. The van der Waals surface area contributed by atoms with Gasteiger partial charge in [-0.05, 0) is 42.3 Å². The summed E-state index contributed by atoms with van der Waals surface area (Å²) in [6.45, 7) is 4.82. The summed E-state index contributed by atoms with van der Waals surface area (Å²) in [4.78, 5) is 17.5. The highest BCUT2D eigenvalue weighted by molar-refractivity contribution is 6.00. The van der Waals surface area contributed by atoms with Gasteiger partial charge in [0.25, 0.3) is 5.91 Å². The lowest BCUT2D eigenvalue weighted by Gasteiger charge is -2.36. The minimum atomic E-state index is -0.231. The van der Waals surface area contributed by atoms with Crippen LogP contribution >= 0.6 is 0 Å². The molecule has 0 bridgehead atoms. The van der Waals surface area contributed by atoms with Crippen LogP contribution in [0.4, 0.5) is 10.1 Å². The Labute approximate surface area is 164 Å². The van der Waals surface area contributed by atoms with Gasteiger partial charge in [-0.15, -0.1) is 0 Å². The predicted octanol–water partition coefficient (Wildman–Crippen LogP) is 4.10. The molecule has 3 aromatic rings. The third-order valence-electron chi connectivity index (χ3n) is 5.39. The highest BCUT2D eigenvalue weighted by Gasteiger charge is 2.27. The van der Waals surface area contributed by atoms with Crippen LogP contribution in [0.3, 0.4) is 0 Å². The van der Waals surface area contributed by atoms with Crippen LogP contribution in [0.1, 0.15) is 16.1 Å². The van der Waals surface area contributed by atoms with Gasteiger partial charge in [0, 0.05) is 50.7 Å². The topological polar surface area (TPSA) is 28.5 Å². The molecule has 0 atom stereocenters. The molecule has 0 unspecified atom stereocenters. The minimum Gasteiger partial charge on any atom is -0.368 e. The SMILES string of the molecule is Cc1cn(C)c(C(=O)N2CCN(c3ccc(F)cc3)CC2)c1-c1ccccc1. The molecule has 0 radical (unpaired) electrons. The molecule has 1 aromatic heterocycles. The molecule has 1 amide bonds. The number of anilines is 1. The van der Waals surface area contributed by atoms with Crippen molar-refractivity contribution in [2.75, 3.05) is 31.1 Å². The molecule has 5 heteroatoms. The van der Waals surface area contributed by atoms with Crippen LogP contribution in [0.15, 0.2) is 60.8 Å². The Morgan fingerprint density at radius 2 is 1.57 bits per heavy atom. The number of nitrogens with zero attached hydrogens (tertiary/aromatic N) is 3. The molecule has 1 aliphatic rings. The zero-order valence-corrected chi connectivity index (χ0v) is 16.2. The Hall–Kier alpha value is -3.08. The first-order chi connectivity index (χ1) is 13.5. The predicted molar refractivity (Wildman–Crippen MR) is 110 cm³/mol. The quantitative estimate of drug-likeness (QED) is 0.687. The van der Waals surface area contributed by atoms with E-state index in [-0.39, 0.29) is 11.7 Å². The van der Waals surface area contributed by atoms with Gasteiger partial charge in [-0.3, -0.25) is 4.79 Å². The molecular weight excluding hydrogens is 353 g/mol. The molecule has 144 valence electrons. The Kier molecular flexibility index (Phi) is 4.90. The first-order valence-corrected chi connectivity index (χ1v) is 9.55. The second-order valence-corrected chi connectivity index (χ2v) is 7.27. The van der Waals surface area contributed by atoms with E-state index in [0.29, 0.717) is 13.1 Å². The monoisotopic (exact) mass is 377 g/mol. The molecule has 0 saturated carbocycles. The molecule has 28 heavy (non-hydrogen) atoms. The number of piperazine rings is 1. The number of halogens is 1. The number of hydrogen-bond donors (Lipinski definition) is 0. The smallest absolute Gasteiger partial charge is 0.271 e. The average Bonchev–Trinajstić information content (AvgIpc) is 3.02. The third-order valence-corrected chi connectivity index (χ3v) is 5.39. The molecule has 2 aromatic carbocycles. The first kappa shape index (κ1) is 18.3. The van der Waals surface area contributed by atoms with Crippen molar-refractivity contribution in [1.82, 2.24) is 9.47 Å². The summed E-state index contributed by atoms with van der Waals surface area (Å²) in [6, 6.07) is 16.6. The number of benzene rings is 2. The van der Waals surface area contributed by atoms with Gasteiger partial charge in [0.05, 0.1) is 0 Å². The summed E-state index contributed by atoms with van der Waals surface area (Å²) in [5.74, 6) is -0.168. The van der Waals surface area contributed by atoms with E-state index in [4.69, 9.17) is 0 Å². The molecule has 4 nitrogen and oxygen atoms in total. The maximum atomic E-state index is 13.4. The fourth-order valence-corrected chi connectivity index (χ4v) is 3.98. The normalized spacial score (nSPS) is 14.4. The van der Waals surface area contributed by atoms with E-state index in [1.807, 2.05) is 60.0 Å². The lowest BCUT2D eigenvalue weighted by atomic mass is 10.0. The number of aryl methyl sites for hydroxylation is 2. The van der Waals surface area contributed by atoms with Gasteiger partial charge in [-0.2, -0.15) is 0 Å². The zero-order valence-electron chi connectivity index (χ0n) is 16.2. The van der Waals surface area contributed by atoms with E-state index in [0.717, 1.165) is 41.2 Å². The van der Waals surface area contributed by atoms with Crippen molar-refractivity contribution in [3.63, 3.8) is 0 Å². The lowest BCUT2D eigenvalue weighted by Crippen LogP contribution is -2.49. The van der Waals surface area contributed by atoms with Gasteiger partial charge in [0.2, 0.25) is 0 Å². The highest BCUT2D eigenvalue weighted by atomic mass is 19.1. The molecule has 0 aliphatic carbocycles. The average molecular weight is 377 g/mol. The van der Waals surface area contributed by atoms with Crippen LogP contribution < -0.4 is 4.90 Å². The fraction of sp³-hybridized carbons (Fsp3) is 0.261. The van der Waals surface area contributed by atoms with Crippen molar-refractivity contribution < 1.29 is 9.18 Å². The Bertz CT molecular complexity index is 971. The Morgan fingerprint density at radius 1 is 0.929 bits per heavy atom. The molecule has 4 rings (SSSR count). The molecule has 0 N–H and O–H groups in total. The van der Waals surface area contributed by atoms with Gasteiger partial charge >= 0.3 is 0 Å². The van der Waals surface area contributed by atoms with Crippen LogP contribution in [0.25, 0.3) is 11.1 Å². The third kappa shape index (κ3) is 3.40. The van der Waals surface area contributed by atoms with Gasteiger partial charge in [-0.1, -0.05) is 30.3 Å². The number of hydrogen-bond acceptors (Lipinski definition) is 2. The molecular formula is C23H24FN3O. The minimum absolute atomic E-state index is 0.0632. The van der Waals surface area contributed by atoms with Crippen LogP contribution in [0, 0.1) is 12.7 Å². The summed E-state index contributed by atoms with van der Waals surface area (Å²) < 4.78 is 15.1. The van der Waals surface area contributed by atoms with E-state index < -0.39 is 0 Å². The van der Waals surface area contributed by atoms with Gasteiger partial charge in [0.15, 0.2) is 0 Å². The van der Waals surface area contributed by atoms with Crippen molar-refractivity contribution in [3.05, 3.63) is 77.9 Å². The number of carbonyl (C=O) groups excluding carboxylic acids is 1. The number of aromatic nitrogens is 1. The van der Waals surface area contributed by atoms with Crippen molar-refractivity contribution in [3.8, 4) is 11.1 Å². The van der Waals surface area contributed by atoms with Crippen LogP contribution in [-0.4, -0.2) is 41.6 Å². The van der Waals surface area contributed by atoms with E-state index in [2.05, 4.69) is 4.90 Å². The molecule has 2 heterocycles. The number of rotatable bonds is 3. The van der Waals surface area contributed by atoms with Crippen LogP contribution in [0.2, 0.25) is 0 Å². The maximum absolute atomic E-state index is 13.4. The van der Waals surface area contributed by atoms with Gasteiger partial charge in [0.1, 0.15) is 11.5 Å². The maximum Gasteiger partial charge on any atom is 0.271 e. The second kappa shape index (κ2) is 7.50. The lowest BCUT2D eigenvalue weighted by molar-refractivity contribution is 0.0738. The van der Waals surface area contributed by atoms with E-state index in [9.17, 15) is 9.18 Å². The summed E-state index contributed by atoms with van der Waals surface area (Å²) in [5, 5.41) is 0. The van der Waals surface area contributed by atoms with E-state index in [1.165, 1.54) is 12.1 Å². The first-order valence-electron chi connectivity index (χ1n) is 9.55. The van der Waals surface area contributed by atoms with Crippen molar-refractivity contribution in [1.29, 1.82) is 0 Å². The number of amides is 1. The summed E-state index contributed by atoms with van der Waals surface area (Å²) in [6.07, 6.45) is 2.02. The molecule has 1 fully saturated rings. The van der Waals surface area contributed by atoms with Gasteiger partial charge in [-0.25, -0.2) is 4.39 Å². The second-order valence-electron chi connectivity index (χ2n) is 7.27. The largest absolute Gasteiger partial charge is 0.368 e. The van der Waals surface area contributed by atoms with Crippen molar-refractivity contribution in [2.24, 2.45) is 7.05 Å². The molecule has 1 saturated heterocycles. The Balaban J connectivity index is 1.54. The number of carbonyl (C=O) groups is 1. The fourth-order valence-electron chi connectivity index (χ4n) is 3.98. The standard InChI is InChI=1S/C23H24FN3O/c1-17-16-25(2)22(21(17)18-6-4-3-5-7-18)23(28)27-14-12-26(13-15-27)20-10-8-19(24)9-11-20/h3-11,16H,12-15H2,1-2H3. The van der Waals surface area contributed by atoms with Crippen LogP contribution in [0.5, 0.6) is 0 Å². The van der Waals surface area contributed by atoms with E-state index in [1.54, 1.807) is 12.1 Å². The van der Waals surface area contributed by atoms with Crippen molar-refractivity contribution >= 4 is 11.6 Å². The summed E-state index contributed by atoms with van der Waals surface area (Å²) in [5.41, 5.74) is 4.90. The van der Waals surface area contributed by atoms with Crippen molar-refractivity contribution in [2.45, 2.75) is 6.92 Å². The molecule has 0 spiro atoms. The van der Waals surface area contributed by atoms with Gasteiger partial charge < -0.3 is 14.4 Å².